The highest BCUT2D eigenvalue weighted by molar-refractivity contribution is 14.1. The number of carbonyl (C=O) groups is 1. The van der Waals surface area contributed by atoms with Gasteiger partial charge in [-0.2, -0.15) is 0 Å². The fourth-order valence-corrected chi connectivity index (χ4v) is 1.67. The molecule has 0 aliphatic carbocycles. The Kier molecular flexibility index (Phi) is 3.37. The van der Waals surface area contributed by atoms with Crippen molar-refractivity contribution in [2.45, 2.75) is 0 Å². The van der Waals surface area contributed by atoms with Crippen LogP contribution in [0.2, 0.25) is 0 Å². The minimum atomic E-state index is -1.75. The first-order valence-electron chi connectivity index (χ1n) is 3.68. The zero-order valence-electron chi connectivity index (χ0n) is 7.38. The van der Waals surface area contributed by atoms with E-state index in [-0.39, 0.29) is 3.57 Å². The van der Waals surface area contributed by atoms with Gasteiger partial charge < -0.3 is 9.90 Å². The van der Waals surface area contributed by atoms with Gasteiger partial charge in [-0.05, 0) is 28.7 Å². The Morgan fingerprint density at radius 2 is 1.62 bits per heavy atom. The van der Waals surface area contributed by atoms with Gasteiger partial charge in [0.2, 0.25) is 0 Å². The molecule has 0 unspecified atom stereocenters. The molecule has 0 heterocycles. The first kappa shape index (κ1) is 12.3. The number of halogens is 1. The second-order valence-corrected chi connectivity index (χ2v) is 3.78. The summed E-state index contributed by atoms with van der Waals surface area (Å²) in [5.74, 6) is -1.75. The minimum Gasteiger partial charge on any atom is -0.545 e. The number of carbonyl (C=O) groups excluding carboxylic acids is 1. The summed E-state index contributed by atoms with van der Waals surface area (Å²) in [6, 6.07) is 1.44. The zero-order chi connectivity index (χ0) is 12.5. The third-order valence-electron chi connectivity index (χ3n) is 1.68. The first-order valence-corrected chi connectivity index (χ1v) is 4.76. The van der Waals surface area contributed by atoms with Crippen molar-refractivity contribution < 1.29 is 19.7 Å². The quantitative estimate of drug-likeness (QED) is 0.448. The van der Waals surface area contributed by atoms with E-state index in [1.165, 1.54) is 22.6 Å². The van der Waals surface area contributed by atoms with E-state index >= 15 is 0 Å². The van der Waals surface area contributed by atoms with E-state index in [1.807, 2.05) is 0 Å². The van der Waals surface area contributed by atoms with Crippen molar-refractivity contribution in [2.24, 2.45) is 0 Å². The Balaban J connectivity index is 3.55. The molecule has 0 saturated heterocycles. The highest BCUT2D eigenvalue weighted by Gasteiger charge is 2.23. The molecule has 0 bridgehead atoms. The third-order valence-corrected chi connectivity index (χ3v) is 2.54. The van der Waals surface area contributed by atoms with Crippen LogP contribution >= 0.6 is 22.6 Å². The summed E-state index contributed by atoms with van der Waals surface area (Å²) in [5.41, 5.74) is -2.05. The Labute approximate surface area is 101 Å². The number of rotatable bonds is 3. The van der Waals surface area contributed by atoms with E-state index in [0.717, 1.165) is 6.07 Å². The molecule has 0 atom stereocenters. The Hall–Kier alpha value is -1.78. The smallest absolute Gasteiger partial charge is 0.289 e. The van der Waals surface area contributed by atoms with E-state index in [9.17, 15) is 30.1 Å². The number of benzene rings is 1. The maximum absolute atomic E-state index is 10.6. The molecule has 0 aliphatic rings. The summed E-state index contributed by atoms with van der Waals surface area (Å²) >= 11 is 1.52. The number of carboxylic acids is 1. The van der Waals surface area contributed by atoms with Crippen LogP contribution in [-0.2, 0) is 0 Å². The summed E-state index contributed by atoms with van der Waals surface area (Å²) in [7, 11) is 0. The van der Waals surface area contributed by atoms with Crippen molar-refractivity contribution >= 4 is 39.9 Å². The molecule has 0 radical (unpaired) electrons. The van der Waals surface area contributed by atoms with E-state index in [0.29, 0.717) is 6.07 Å². The second kappa shape index (κ2) is 4.38. The predicted octanol–water partition coefficient (Wildman–Crippen LogP) is 0.471. The largest absolute Gasteiger partial charge is 0.545 e. The Morgan fingerprint density at radius 3 is 2.00 bits per heavy atom. The van der Waals surface area contributed by atoms with Crippen LogP contribution in [0.15, 0.2) is 12.1 Å². The van der Waals surface area contributed by atoms with Crippen LogP contribution in [0.5, 0.6) is 0 Å². The fourth-order valence-electron chi connectivity index (χ4n) is 1.01. The van der Waals surface area contributed by atoms with Crippen molar-refractivity contribution in [3.05, 3.63) is 41.5 Å². The van der Waals surface area contributed by atoms with Crippen LogP contribution in [0.3, 0.4) is 0 Å². The van der Waals surface area contributed by atoms with Gasteiger partial charge in [-0.3, -0.25) is 20.2 Å². The van der Waals surface area contributed by atoms with Crippen molar-refractivity contribution in [3.8, 4) is 0 Å². The van der Waals surface area contributed by atoms with Gasteiger partial charge in [0.15, 0.2) is 0 Å². The molecule has 1 aromatic rings. The van der Waals surface area contributed by atoms with Gasteiger partial charge in [-0.25, -0.2) is 0 Å². The average Bonchev–Trinajstić information content (AvgIpc) is 2.15. The summed E-state index contributed by atoms with van der Waals surface area (Å²) in [6.07, 6.45) is 0. The van der Waals surface area contributed by atoms with Crippen LogP contribution in [0, 0.1) is 23.8 Å². The molecule has 9 heteroatoms. The molecule has 1 aromatic carbocycles. The Morgan fingerprint density at radius 1 is 1.12 bits per heavy atom. The van der Waals surface area contributed by atoms with Crippen molar-refractivity contribution in [2.75, 3.05) is 0 Å². The first-order chi connectivity index (χ1) is 7.34. The molecule has 1 rings (SSSR count). The molecule has 0 saturated carbocycles. The van der Waals surface area contributed by atoms with Crippen LogP contribution in [0.25, 0.3) is 0 Å². The van der Waals surface area contributed by atoms with Gasteiger partial charge in [-0.15, -0.1) is 0 Å². The van der Waals surface area contributed by atoms with E-state index < -0.39 is 32.8 Å². The number of aromatic carboxylic acids is 1. The topological polar surface area (TPSA) is 126 Å². The van der Waals surface area contributed by atoms with Gasteiger partial charge in [0, 0.05) is 0 Å². The summed E-state index contributed by atoms with van der Waals surface area (Å²) < 4.78 is -0.00704. The lowest BCUT2D eigenvalue weighted by Gasteiger charge is -2.04. The van der Waals surface area contributed by atoms with Gasteiger partial charge in [-0.1, -0.05) is 0 Å². The van der Waals surface area contributed by atoms with Gasteiger partial charge in [0.1, 0.15) is 0 Å². The molecule has 16 heavy (non-hydrogen) atoms. The summed E-state index contributed by atoms with van der Waals surface area (Å²) in [5, 5.41) is 31.6. The number of carboxylic acid groups (broad SMARTS) is 1. The average molecular weight is 337 g/mol. The van der Waals surface area contributed by atoms with E-state index in [1.54, 1.807) is 0 Å². The normalized spacial score (nSPS) is 9.81. The lowest BCUT2D eigenvalue weighted by atomic mass is 10.1. The van der Waals surface area contributed by atoms with Gasteiger partial charge >= 0.3 is 0 Å². The third kappa shape index (κ3) is 2.24. The molecule has 84 valence electrons. The summed E-state index contributed by atoms with van der Waals surface area (Å²) in [4.78, 5) is 29.7. The maximum Gasteiger partial charge on any atom is 0.289 e. The fraction of sp³-hybridized carbons (Fsp3) is 0. The van der Waals surface area contributed by atoms with Crippen LogP contribution in [0.1, 0.15) is 10.4 Å². The minimum absolute atomic E-state index is 0.00704. The van der Waals surface area contributed by atoms with Crippen molar-refractivity contribution in [1.82, 2.24) is 0 Å². The standard InChI is InChI=1S/C7H3IN2O6/c8-4-1-3(7(11)12)5(9(13)14)2-6(4)10(15)16/h1-2H,(H,11,12)/p-1. The number of hydrogen-bond acceptors (Lipinski definition) is 6. The number of hydrogen-bond donors (Lipinski definition) is 0. The van der Waals surface area contributed by atoms with Crippen LogP contribution in [-0.4, -0.2) is 15.8 Å². The highest BCUT2D eigenvalue weighted by atomic mass is 127. The van der Waals surface area contributed by atoms with Crippen molar-refractivity contribution in [1.29, 1.82) is 0 Å². The lowest BCUT2D eigenvalue weighted by Crippen LogP contribution is -2.23. The SMILES string of the molecule is O=C([O-])c1cc(I)c([N+](=O)[O-])cc1[N+](=O)[O-]. The van der Waals surface area contributed by atoms with Crippen LogP contribution in [0.4, 0.5) is 11.4 Å². The molecule has 0 N–H and O–H groups in total. The molecular weight excluding hydrogens is 335 g/mol. The molecule has 0 spiro atoms. The molecule has 0 amide bonds. The van der Waals surface area contributed by atoms with E-state index in [4.69, 9.17) is 0 Å². The zero-order valence-corrected chi connectivity index (χ0v) is 9.53. The second-order valence-electron chi connectivity index (χ2n) is 2.62. The summed E-state index contributed by atoms with van der Waals surface area (Å²) in [6.45, 7) is 0. The molecular formula is C7H2IN2O6-. The molecule has 8 nitrogen and oxygen atoms in total. The monoisotopic (exact) mass is 337 g/mol. The number of nitrogens with zero attached hydrogens (tertiary/aromatic N) is 2. The Bertz CT molecular complexity index is 500. The lowest BCUT2D eigenvalue weighted by molar-refractivity contribution is -0.395. The van der Waals surface area contributed by atoms with Crippen LogP contribution < -0.4 is 5.11 Å². The number of nitro groups is 2. The number of nitro benzene ring substituents is 2. The molecule has 0 fully saturated rings. The highest BCUT2D eigenvalue weighted by Crippen LogP contribution is 2.29. The molecule has 0 aliphatic heterocycles. The van der Waals surface area contributed by atoms with E-state index in [2.05, 4.69) is 0 Å². The predicted molar refractivity (Wildman–Crippen MR) is 56.8 cm³/mol. The maximum atomic E-state index is 10.6. The molecule has 0 aromatic heterocycles. The van der Waals surface area contributed by atoms with Gasteiger partial charge in [0.25, 0.3) is 11.4 Å². The van der Waals surface area contributed by atoms with Gasteiger partial charge in [0.05, 0.1) is 31.0 Å². The van der Waals surface area contributed by atoms with Crippen molar-refractivity contribution in [3.63, 3.8) is 0 Å².